The van der Waals surface area contributed by atoms with Crippen molar-refractivity contribution in [3.05, 3.63) is 58.6 Å². The van der Waals surface area contributed by atoms with Crippen LogP contribution in [0.4, 0.5) is 0 Å². The van der Waals surface area contributed by atoms with Gasteiger partial charge in [0.05, 0.1) is 0 Å². The van der Waals surface area contributed by atoms with Gasteiger partial charge >= 0.3 is 0 Å². The quantitative estimate of drug-likeness (QED) is 0.562. The summed E-state index contributed by atoms with van der Waals surface area (Å²) < 4.78 is 0. The first kappa shape index (κ1) is 19.8. The molecule has 0 aromatic carbocycles. The summed E-state index contributed by atoms with van der Waals surface area (Å²) in [6.45, 7) is 2.21. The molecule has 1 N–H and O–H groups in total. The molecule has 0 radical (unpaired) electrons. The molecule has 29 heavy (non-hydrogen) atoms. The lowest BCUT2D eigenvalue weighted by molar-refractivity contribution is -0.127. The van der Waals surface area contributed by atoms with Crippen molar-refractivity contribution in [3.8, 4) is 0 Å². The van der Waals surface area contributed by atoms with Crippen LogP contribution in [0, 0.1) is 11.3 Å². The van der Waals surface area contributed by atoms with E-state index in [1.165, 1.54) is 5.56 Å². The molecule has 0 bridgehead atoms. The molecule has 1 spiro atoms. The van der Waals surface area contributed by atoms with Gasteiger partial charge in [-0.05, 0) is 72.7 Å². The van der Waals surface area contributed by atoms with E-state index >= 15 is 0 Å². The highest BCUT2D eigenvalue weighted by molar-refractivity contribution is 7.10. The summed E-state index contributed by atoms with van der Waals surface area (Å²) in [7, 11) is 0. The molecule has 1 atom stereocenters. The molecular formula is C23H27N3O2S. The number of aryl methyl sites for hydroxylation is 1. The first-order chi connectivity index (χ1) is 14.2. The molecule has 2 fully saturated rings. The minimum Gasteiger partial charge on any atom is -0.356 e. The number of likely N-dealkylation sites (tertiary alicyclic amines) is 1. The van der Waals surface area contributed by atoms with Crippen LogP contribution in [0.3, 0.4) is 0 Å². The van der Waals surface area contributed by atoms with Crippen LogP contribution in [0.25, 0.3) is 6.08 Å². The molecule has 1 saturated carbocycles. The van der Waals surface area contributed by atoms with Crippen molar-refractivity contribution in [1.82, 2.24) is 15.2 Å². The van der Waals surface area contributed by atoms with Crippen molar-refractivity contribution < 1.29 is 9.59 Å². The van der Waals surface area contributed by atoms with E-state index in [0.29, 0.717) is 6.54 Å². The fourth-order valence-electron chi connectivity index (χ4n) is 4.27. The maximum atomic E-state index is 12.5. The SMILES string of the molecule is O=C(NCCCc1ccncc1)C1CC12CCN(C(=O)/C=C/c1cccs1)CC2. The van der Waals surface area contributed by atoms with Gasteiger partial charge in [-0.15, -0.1) is 11.3 Å². The predicted molar refractivity (Wildman–Crippen MR) is 115 cm³/mol. The molecule has 4 rings (SSSR count). The number of hydrogen-bond acceptors (Lipinski definition) is 4. The second-order valence-electron chi connectivity index (χ2n) is 8.04. The van der Waals surface area contributed by atoms with Gasteiger partial charge in [-0.3, -0.25) is 14.6 Å². The number of nitrogens with one attached hydrogen (secondary N) is 1. The van der Waals surface area contributed by atoms with E-state index in [2.05, 4.69) is 10.3 Å². The van der Waals surface area contributed by atoms with E-state index in [0.717, 1.165) is 50.1 Å². The lowest BCUT2D eigenvalue weighted by Crippen LogP contribution is -2.40. The Kier molecular flexibility index (Phi) is 6.09. The number of thiophene rings is 1. The minimum absolute atomic E-state index is 0.0750. The smallest absolute Gasteiger partial charge is 0.246 e. The average molecular weight is 410 g/mol. The van der Waals surface area contributed by atoms with Gasteiger partial charge in [0, 0.05) is 48.9 Å². The molecular weight excluding hydrogens is 382 g/mol. The van der Waals surface area contributed by atoms with Crippen molar-refractivity contribution in [2.45, 2.75) is 32.1 Å². The third kappa shape index (κ3) is 4.93. The monoisotopic (exact) mass is 409 g/mol. The molecule has 5 nitrogen and oxygen atoms in total. The third-order valence-corrected chi connectivity index (χ3v) is 7.04. The number of hydrogen-bond donors (Lipinski definition) is 1. The van der Waals surface area contributed by atoms with Crippen LogP contribution in [0.1, 0.15) is 36.1 Å². The number of rotatable bonds is 7. The van der Waals surface area contributed by atoms with Crippen molar-refractivity contribution in [1.29, 1.82) is 0 Å². The highest BCUT2D eigenvalue weighted by Crippen LogP contribution is 2.59. The van der Waals surface area contributed by atoms with Crippen LogP contribution in [-0.4, -0.2) is 41.3 Å². The van der Waals surface area contributed by atoms with Crippen molar-refractivity contribution in [3.63, 3.8) is 0 Å². The molecule has 1 aliphatic carbocycles. The number of amides is 2. The molecule has 152 valence electrons. The van der Waals surface area contributed by atoms with Crippen molar-refractivity contribution >= 4 is 29.2 Å². The van der Waals surface area contributed by atoms with Crippen molar-refractivity contribution in [2.24, 2.45) is 11.3 Å². The van der Waals surface area contributed by atoms with Gasteiger partial charge in [-0.1, -0.05) is 6.07 Å². The zero-order valence-electron chi connectivity index (χ0n) is 16.5. The summed E-state index contributed by atoms with van der Waals surface area (Å²) in [6, 6.07) is 8.02. The first-order valence-electron chi connectivity index (χ1n) is 10.3. The number of carbonyl (C=O) groups is 2. The maximum absolute atomic E-state index is 12.5. The van der Waals surface area contributed by atoms with Crippen LogP contribution in [0.15, 0.2) is 48.1 Å². The standard InChI is InChI=1S/C23H27N3O2S/c27-21(6-5-19-4-2-16-29-19)26-14-9-23(10-15-26)17-20(23)22(28)25-11-1-3-18-7-12-24-13-8-18/h2,4-8,12-13,16,20H,1,3,9-11,14-15,17H2,(H,25,28)/b6-5+. The topological polar surface area (TPSA) is 62.3 Å². The highest BCUT2D eigenvalue weighted by atomic mass is 32.1. The summed E-state index contributed by atoms with van der Waals surface area (Å²) >= 11 is 1.63. The summed E-state index contributed by atoms with van der Waals surface area (Å²) in [4.78, 5) is 31.9. The van der Waals surface area contributed by atoms with Crippen LogP contribution >= 0.6 is 11.3 Å². The zero-order valence-corrected chi connectivity index (χ0v) is 17.4. The molecule has 2 aromatic heterocycles. The van der Waals surface area contributed by atoms with Gasteiger partial charge < -0.3 is 10.2 Å². The molecule has 2 aromatic rings. The number of carbonyl (C=O) groups excluding carboxylic acids is 2. The van der Waals surface area contributed by atoms with Crippen LogP contribution < -0.4 is 5.32 Å². The molecule has 1 unspecified atom stereocenters. The van der Waals surface area contributed by atoms with Gasteiger partial charge in [-0.25, -0.2) is 0 Å². The molecule has 2 aliphatic rings. The average Bonchev–Trinajstić information content (AvgIpc) is 3.19. The third-order valence-electron chi connectivity index (χ3n) is 6.20. The lowest BCUT2D eigenvalue weighted by atomic mass is 9.90. The Morgan fingerprint density at radius 2 is 2.03 bits per heavy atom. The van der Waals surface area contributed by atoms with Crippen LogP contribution in [-0.2, 0) is 16.0 Å². The summed E-state index contributed by atoms with van der Waals surface area (Å²) in [5.41, 5.74) is 1.38. The number of nitrogens with zero attached hydrogens (tertiary/aromatic N) is 2. The lowest BCUT2D eigenvalue weighted by Gasteiger charge is -2.32. The first-order valence-corrected chi connectivity index (χ1v) is 11.2. The van der Waals surface area contributed by atoms with Crippen molar-refractivity contribution in [2.75, 3.05) is 19.6 Å². The van der Waals surface area contributed by atoms with Gasteiger partial charge in [0.2, 0.25) is 11.8 Å². The highest BCUT2D eigenvalue weighted by Gasteiger charge is 2.58. The molecule has 1 aliphatic heterocycles. The van der Waals surface area contributed by atoms with Crippen LogP contribution in [0.5, 0.6) is 0 Å². The van der Waals surface area contributed by atoms with E-state index in [1.54, 1.807) is 29.8 Å². The molecule has 1 saturated heterocycles. The summed E-state index contributed by atoms with van der Waals surface area (Å²) in [5, 5.41) is 5.12. The fourth-order valence-corrected chi connectivity index (χ4v) is 4.88. The van der Waals surface area contributed by atoms with Gasteiger partial charge in [0.15, 0.2) is 0 Å². The maximum Gasteiger partial charge on any atom is 0.246 e. The Labute approximate surface area is 175 Å². The van der Waals surface area contributed by atoms with Crippen LogP contribution in [0.2, 0.25) is 0 Å². The number of pyridine rings is 1. The normalized spacial score (nSPS) is 20.1. The fraction of sp³-hybridized carbons (Fsp3) is 0.435. The Bertz CT molecular complexity index is 856. The van der Waals surface area contributed by atoms with E-state index in [9.17, 15) is 9.59 Å². The van der Waals surface area contributed by atoms with Gasteiger partial charge in [0.1, 0.15) is 0 Å². The molecule has 6 heteroatoms. The predicted octanol–water partition coefficient (Wildman–Crippen LogP) is 3.53. The van der Waals surface area contributed by atoms with Gasteiger partial charge in [0.25, 0.3) is 0 Å². The van der Waals surface area contributed by atoms with E-state index in [1.807, 2.05) is 40.6 Å². The second kappa shape index (κ2) is 8.91. The summed E-state index contributed by atoms with van der Waals surface area (Å²) in [6.07, 6.45) is 11.9. The number of piperidine rings is 1. The van der Waals surface area contributed by atoms with E-state index < -0.39 is 0 Å². The molecule has 3 heterocycles. The Hall–Kier alpha value is -2.47. The summed E-state index contributed by atoms with van der Waals surface area (Å²) in [5.74, 6) is 0.394. The van der Waals surface area contributed by atoms with E-state index in [4.69, 9.17) is 0 Å². The Balaban J connectivity index is 1.17. The Morgan fingerprint density at radius 1 is 1.24 bits per heavy atom. The molecule has 2 amide bonds. The van der Waals surface area contributed by atoms with E-state index in [-0.39, 0.29) is 23.1 Å². The zero-order chi connectivity index (χ0) is 20.1. The Morgan fingerprint density at radius 3 is 2.76 bits per heavy atom. The minimum atomic E-state index is 0.0750. The van der Waals surface area contributed by atoms with Gasteiger partial charge in [-0.2, -0.15) is 0 Å². The largest absolute Gasteiger partial charge is 0.356 e. The number of aromatic nitrogens is 1. The second-order valence-corrected chi connectivity index (χ2v) is 9.02.